The summed E-state index contributed by atoms with van der Waals surface area (Å²) < 4.78 is 77.8. The first-order valence-corrected chi connectivity index (χ1v) is 8.86. The van der Waals surface area contributed by atoms with Crippen molar-refractivity contribution in [2.24, 2.45) is 5.92 Å². The summed E-state index contributed by atoms with van der Waals surface area (Å²) in [5.41, 5.74) is -3.14. The number of halogens is 6. The number of aliphatic hydroxyl groups excluding tert-OH is 1. The van der Waals surface area contributed by atoms with Crippen LogP contribution in [0.4, 0.5) is 32.2 Å². The van der Waals surface area contributed by atoms with Gasteiger partial charge in [-0.25, -0.2) is 4.98 Å². The topological polar surface area (TPSA) is 81.8 Å². The summed E-state index contributed by atoms with van der Waals surface area (Å²) in [5.74, 6) is -1.45. The lowest BCUT2D eigenvalue weighted by Crippen LogP contribution is -2.56. The van der Waals surface area contributed by atoms with E-state index in [0.717, 1.165) is 16.1 Å². The van der Waals surface area contributed by atoms with Gasteiger partial charge in [-0.05, 0) is 31.6 Å². The molecule has 1 aliphatic heterocycles. The van der Waals surface area contributed by atoms with Crippen LogP contribution in [0.5, 0.6) is 0 Å². The van der Waals surface area contributed by atoms with Crippen molar-refractivity contribution in [2.45, 2.75) is 56.5 Å². The Balaban J connectivity index is 1.77. The van der Waals surface area contributed by atoms with Crippen molar-refractivity contribution in [3.63, 3.8) is 0 Å². The van der Waals surface area contributed by atoms with Crippen molar-refractivity contribution in [3.05, 3.63) is 12.0 Å². The normalized spacial score (nSPS) is 28.7. The van der Waals surface area contributed by atoms with Gasteiger partial charge in [-0.2, -0.15) is 26.3 Å². The Morgan fingerprint density at radius 2 is 1.79 bits per heavy atom. The second-order valence-electron chi connectivity index (χ2n) is 7.55. The lowest BCUT2D eigenvalue weighted by molar-refractivity contribution is -0.272. The zero-order chi connectivity index (χ0) is 21.8. The third-order valence-corrected chi connectivity index (χ3v) is 5.51. The van der Waals surface area contributed by atoms with Crippen molar-refractivity contribution in [3.8, 4) is 0 Å². The van der Waals surface area contributed by atoms with Gasteiger partial charge in [0.05, 0.1) is 6.33 Å². The van der Waals surface area contributed by atoms with Gasteiger partial charge >= 0.3 is 12.4 Å². The standard InChI is InChI=1S/C16H20F6N4O3/c1-24-11-10(25(8-23-11)7-15(17,18)19)12(27)26(13(24)28)6-9-2-4-14(29,5-3-9)16(20,21)22/h8-9,13,28-29H,2-7H2,1H3. The van der Waals surface area contributed by atoms with E-state index in [2.05, 4.69) is 4.98 Å². The Kier molecular flexibility index (Phi) is 5.27. The van der Waals surface area contributed by atoms with Gasteiger partial charge in [0, 0.05) is 13.6 Å². The molecule has 13 heteroatoms. The van der Waals surface area contributed by atoms with Crippen LogP contribution < -0.4 is 4.90 Å². The maximum Gasteiger partial charge on any atom is 0.417 e. The van der Waals surface area contributed by atoms with Crippen molar-refractivity contribution in [1.29, 1.82) is 0 Å². The SMILES string of the molecule is CN1c2ncn(CC(F)(F)F)c2C(=O)N(CC2CCC(O)(C(F)(F)F)CC2)C1O. The van der Waals surface area contributed by atoms with Crippen LogP contribution in [0.1, 0.15) is 36.2 Å². The van der Waals surface area contributed by atoms with Crippen molar-refractivity contribution >= 4 is 11.7 Å². The number of hydrogen-bond acceptors (Lipinski definition) is 5. The molecule has 2 aliphatic rings. The fourth-order valence-electron chi connectivity index (χ4n) is 3.80. The summed E-state index contributed by atoms with van der Waals surface area (Å²) >= 11 is 0. The first kappa shape index (κ1) is 21.7. The molecule has 0 radical (unpaired) electrons. The maximum atomic E-state index is 12.9. The summed E-state index contributed by atoms with van der Waals surface area (Å²) in [5, 5.41) is 20.1. The smallest absolute Gasteiger partial charge is 0.380 e. The van der Waals surface area contributed by atoms with E-state index < -0.39 is 55.5 Å². The van der Waals surface area contributed by atoms with E-state index in [0.29, 0.717) is 4.57 Å². The molecule has 1 atom stereocenters. The maximum absolute atomic E-state index is 12.9. The minimum absolute atomic E-state index is 0.0507. The molecular weight excluding hydrogens is 410 g/mol. The van der Waals surface area contributed by atoms with Crippen LogP contribution >= 0.6 is 0 Å². The Bertz CT molecular complexity index is 770. The van der Waals surface area contributed by atoms with Gasteiger partial charge in [0.2, 0.25) is 6.35 Å². The van der Waals surface area contributed by atoms with Crippen LogP contribution in [0.15, 0.2) is 6.33 Å². The third kappa shape index (κ3) is 4.02. The van der Waals surface area contributed by atoms with Crippen molar-refractivity contribution in [2.75, 3.05) is 18.5 Å². The summed E-state index contributed by atoms with van der Waals surface area (Å²) in [6.45, 7) is -1.60. The van der Waals surface area contributed by atoms with Gasteiger partial charge in [-0.15, -0.1) is 0 Å². The number of aliphatic hydroxyl groups is 2. The Morgan fingerprint density at radius 3 is 2.31 bits per heavy atom. The van der Waals surface area contributed by atoms with Crippen LogP contribution in [0.3, 0.4) is 0 Å². The molecule has 1 unspecified atom stereocenters. The van der Waals surface area contributed by atoms with E-state index in [-0.39, 0.29) is 30.9 Å². The molecule has 2 N–H and O–H groups in total. The number of aromatic nitrogens is 2. The molecule has 1 aromatic heterocycles. The highest BCUT2D eigenvalue weighted by atomic mass is 19.4. The predicted octanol–water partition coefficient (Wildman–Crippen LogP) is 2.10. The number of nitrogens with zero attached hydrogens (tertiary/aromatic N) is 4. The Labute approximate surface area is 161 Å². The van der Waals surface area contributed by atoms with Crippen LogP contribution in [-0.4, -0.2) is 68.5 Å². The summed E-state index contributed by atoms with van der Waals surface area (Å²) in [6, 6.07) is 0. The number of hydrogen-bond donors (Lipinski definition) is 2. The average molecular weight is 430 g/mol. The monoisotopic (exact) mass is 430 g/mol. The molecule has 1 amide bonds. The number of alkyl halides is 6. The van der Waals surface area contributed by atoms with Gasteiger partial charge in [0.15, 0.2) is 17.1 Å². The number of anilines is 1. The first-order chi connectivity index (χ1) is 13.2. The van der Waals surface area contributed by atoms with E-state index in [1.54, 1.807) is 0 Å². The molecule has 1 fully saturated rings. The van der Waals surface area contributed by atoms with Gasteiger partial charge in [0.25, 0.3) is 5.91 Å². The lowest BCUT2D eigenvalue weighted by Gasteiger charge is -2.42. The van der Waals surface area contributed by atoms with Gasteiger partial charge < -0.3 is 19.7 Å². The quantitative estimate of drug-likeness (QED) is 0.718. The predicted molar refractivity (Wildman–Crippen MR) is 86.7 cm³/mol. The molecule has 1 aromatic rings. The second kappa shape index (κ2) is 7.04. The molecule has 2 heterocycles. The number of carbonyl (C=O) groups excluding carboxylic acids is 1. The van der Waals surface area contributed by atoms with Crippen molar-refractivity contribution in [1.82, 2.24) is 14.5 Å². The van der Waals surface area contributed by atoms with Crippen molar-refractivity contribution < 1.29 is 41.4 Å². The summed E-state index contributed by atoms with van der Waals surface area (Å²) in [6.07, 6.45) is -11.2. The average Bonchev–Trinajstić information content (AvgIpc) is 2.99. The summed E-state index contributed by atoms with van der Waals surface area (Å²) in [4.78, 5) is 18.6. The minimum Gasteiger partial charge on any atom is -0.380 e. The van der Waals surface area contributed by atoms with E-state index in [4.69, 9.17) is 0 Å². The minimum atomic E-state index is -4.77. The van der Waals surface area contributed by atoms with Crippen LogP contribution in [-0.2, 0) is 6.54 Å². The van der Waals surface area contributed by atoms with Gasteiger partial charge in [-0.1, -0.05) is 0 Å². The number of fused-ring (bicyclic) bond motifs is 1. The molecule has 3 rings (SSSR count). The fraction of sp³-hybridized carbons (Fsp3) is 0.750. The molecule has 0 bridgehead atoms. The van der Waals surface area contributed by atoms with E-state index >= 15 is 0 Å². The molecule has 1 aliphatic carbocycles. The number of rotatable bonds is 3. The zero-order valence-corrected chi connectivity index (χ0v) is 15.3. The molecule has 29 heavy (non-hydrogen) atoms. The molecule has 0 aromatic carbocycles. The number of carbonyl (C=O) groups is 1. The number of amides is 1. The third-order valence-electron chi connectivity index (χ3n) is 5.51. The van der Waals surface area contributed by atoms with Gasteiger partial charge in [0.1, 0.15) is 6.54 Å². The Hall–Kier alpha value is -2.02. The zero-order valence-electron chi connectivity index (χ0n) is 15.3. The fourth-order valence-corrected chi connectivity index (χ4v) is 3.80. The Morgan fingerprint density at radius 1 is 1.21 bits per heavy atom. The second-order valence-corrected chi connectivity index (χ2v) is 7.55. The molecule has 0 saturated heterocycles. The number of imidazole rings is 1. The highest BCUT2D eigenvalue weighted by Crippen LogP contribution is 2.43. The molecule has 0 spiro atoms. The first-order valence-electron chi connectivity index (χ1n) is 8.86. The van der Waals surface area contributed by atoms with E-state index in [9.17, 15) is 41.4 Å². The van der Waals surface area contributed by atoms with E-state index in [1.807, 2.05) is 0 Å². The largest absolute Gasteiger partial charge is 0.417 e. The highest BCUT2D eigenvalue weighted by molar-refractivity contribution is 5.99. The van der Waals surface area contributed by atoms with Crippen LogP contribution in [0, 0.1) is 5.92 Å². The van der Waals surface area contributed by atoms with E-state index in [1.165, 1.54) is 7.05 Å². The molecular formula is C16H20F6N4O3. The molecule has 1 saturated carbocycles. The van der Waals surface area contributed by atoms with Gasteiger partial charge in [-0.3, -0.25) is 9.69 Å². The molecule has 7 nitrogen and oxygen atoms in total. The highest BCUT2D eigenvalue weighted by Gasteiger charge is 2.55. The van der Waals surface area contributed by atoms with Crippen LogP contribution in [0.2, 0.25) is 0 Å². The van der Waals surface area contributed by atoms with Crippen LogP contribution in [0.25, 0.3) is 0 Å². The molecule has 164 valence electrons. The summed E-state index contributed by atoms with van der Waals surface area (Å²) in [7, 11) is 1.34. The lowest BCUT2D eigenvalue weighted by atomic mass is 9.78.